The Morgan fingerprint density at radius 1 is 0.884 bits per heavy atom. The minimum atomic E-state index is -0.329. The van der Waals surface area contributed by atoms with Crippen LogP contribution in [-0.2, 0) is 0 Å². The predicted octanol–water partition coefficient (Wildman–Crippen LogP) is 7.84. The molecular weight excluding hydrogens is 672 g/mol. The number of rotatable bonds is 7. The Morgan fingerprint density at radius 3 is 2.12 bits per heavy atom. The number of aliphatic imine (C=N–C) groups is 1. The minimum absolute atomic E-state index is 0.00980. The van der Waals surface area contributed by atoms with Gasteiger partial charge < -0.3 is 19.3 Å². The van der Waals surface area contributed by atoms with E-state index in [1.807, 2.05) is 59.2 Å². The average Bonchev–Trinajstić information content (AvgIpc) is 3.71. The Kier molecular flexibility index (Phi) is 9.40. The third kappa shape index (κ3) is 6.35. The molecule has 0 saturated carbocycles. The number of carbonyl (C=O) groups is 1. The van der Waals surface area contributed by atoms with E-state index in [-0.39, 0.29) is 18.1 Å². The summed E-state index contributed by atoms with van der Waals surface area (Å²) >= 11 is 7.18. The first-order valence-corrected chi connectivity index (χ1v) is 16.8. The highest BCUT2D eigenvalue weighted by atomic mass is 79.9. The molecule has 7 nitrogen and oxygen atoms in total. The molecule has 0 radical (unpaired) electrons. The monoisotopic (exact) mass is 708 g/mol. The lowest BCUT2D eigenvalue weighted by Gasteiger charge is -2.40. The van der Waals surface area contributed by atoms with E-state index in [4.69, 9.17) is 14.5 Å². The van der Waals surface area contributed by atoms with Gasteiger partial charge >= 0.3 is 6.03 Å². The molecule has 2 atom stereocenters. The molecule has 0 bridgehead atoms. The molecular formula is C34H38Br2N4O3. The number of likely N-dealkylation sites (tertiary alicyclic amines) is 2. The summed E-state index contributed by atoms with van der Waals surface area (Å²) in [6, 6.07) is 22.2. The highest BCUT2D eigenvalue weighted by Gasteiger charge is 2.45. The van der Waals surface area contributed by atoms with Gasteiger partial charge in [-0.3, -0.25) is 9.89 Å². The number of carbonyl (C=O) groups excluding carboxylic acids is 1. The lowest BCUT2D eigenvalue weighted by Crippen LogP contribution is -2.52. The molecule has 2 amide bonds. The highest BCUT2D eigenvalue weighted by molar-refractivity contribution is 9.10. The van der Waals surface area contributed by atoms with Gasteiger partial charge in [-0.2, -0.15) is 0 Å². The van der Waals surface area contributed by atoms with E-state index in [1.165, 1.54) is 25.9 Å². The second kappa shape index (κ2) is 13.4. The summed E-state index contributed by atoms with van der Waals surface area (Å²) in [4.78, 5) is 26.7. The summed E-state index contributed by atoms with van der Waals surface area (Å²) in [7, 11) is 1.65. The van der Waals surface area contributed by atoms with Gasteiger partial charge in [-0.05, 0) is 93.2 Å². The number of urea groups is 1. The van der Waals surface area contributed by atoms with E-state index in [2.05, 4.69) is 61.0 Å². The first kappa shape index (κ1) is 30.2. The molecule has 6 rings (SSSR count). The third-order valence-electron chi connectivity index (χ3n) is 8.82. The number of piperidine rings is 1. The van der Waals surface area contributed by atoms with Crippen molar-refractivity contribution in [2.75, 3.05) is 39.9 Å². The number of amidine groups is 1. The molecule has 9 heteroatoms. The van der Waals surface area contributed by atoms with Gasteiger partial charge in [0.1, 0.15) is 23.4 Å². The van der Waals surface area contributed by atoms with Gasteiger partial charge in [0, 0.05) is 34.1 Å². The summed E-state index contributed by atoms with van der Waals surface area (Å²) in [6.45, 7) is 6.28. The van der Waals surface area contributed by atoms with E-state index in [0.29, 0.717) is 30.0 Å². The number of halogens is 2. The summed E-state index contributed by atoms with van der Waals surface area (Å²) in [5, 5.41) is 0. The van der Waals surface area contributed by atoms with Crippen molar-refractivity contribution in [3.63, 3.8) is 0 Å². The quantitative estimate of drug-likeness (QED) is 0.251. The third-order valence-corrected chi connectivity index (χ3v) is 9.87. The van der Waals surface area contributed by atoms with Gasteiger partial charge in [0.05, 0.1) is 25.3 Å². The molecule has 3 aliphatic rings. The second-order valence-corrected chi connectivity index (χ2v) is 13.2. The summed E-state index contributed by atoms with van der Waals surface area (Å²) in [5.41, 5.74) is 2.86. The van der Waals surface area contributed by atoms with E-state index >= 15 is 0 Å². The fourth-order valence-corrected chi connectivity index (χ4v) is 7.15. The zero-order chi connectivity index (χ0) is 29.9. The lowest BCUT2D eigenvalue weighted by molar-refractivity contribution is 0.117. The molecule has 2 unspecified atom stereocenters. The van der Waals surface area contributed by atoms with Gasteiger partial charge in [0.25, 0.3) is 0 Å². The van der Waals surface area contributed by atoms with Crippen LogP contribution in [0, 0.1) is 0 Å². The molecule has 2 fully saturated rings. The van der Waals surface area contributed by atoms with Crippen LogP contribution in [0.5, 0.6) is 11.5 Å². The van der Waals surface area contributed by atoms with Crippen molar-refractivity contribution in [2.24, 2.45) is 4.99 Å². The van der Waals surface area contributed by atoms with Crippen LogP contribution in [0.15, 0.2) is 80.7 Å². The molecule has 3 aliphatic heterocycles. The lowest BCUT2D eigenvalue weighted by atomic mass is 9.93. The topological polar surface area (TPSA) is 57.6 Å². The van der Waals surface area contributed by atoms with Crippen LogP contribution in [-0.4, -0.2) is 72.5 Å². The first-order valence-electron chi connectivity index (χ1n) is 15.2. The van der Waals surface area contributed by atoms with Crippen LogP contribution in [0.3, 0.4) is 0 Å². The zero-order valence-electron chi connectivity index (χ0n) is 24.7. The van der Waals surface area contributed by atoms with Gasteiger partial charge in [-0.25, -0.2) is 4.79 Å². The van der Waals surface area contributed by atoms with Crippen LogP contribution >= 0.6 is 31.9 Å². The molecule has 226 valence electrons. The van der Waals surface area contributed by atoms with Crippen molar-refractivity contribution in [2.45, 2.75) is 50.7 Å². The summed E-state index contributed by atoms with van der Waals surface area (Å²) < 4.78 is 13.6. The van der Waals surface area contributed by atoms with Gasteiger partial charge in [-0.1, -0.05) is 56.1 Å². The van der Waals surface area contributed by atoms with Crippen molar-refractivity contribution >= 4 is 43.7 Å². The fraction of sp³-hybridized carbons (Fsp3) is 0.412. The SMILES string of the molecule is CCOc1cc(OC)ccc1C1=NC(c2ccc(Br)cc2)C(c2ccc(Br)cc2)N1C(=O)N1CCC(N2CCCC2)CC1. The molecule has 43 heavy (non-hydrogen) atoms. The van der Waals surface area contributed by atoms with E-state index in [0.717, 1.165) is 51.6 Å². The Balaban J connectivity index is 1.43. The van der Waals surface area contributed by atoms with Crippen LogP contribution in [0.1, 0.15) is 61.4 Å². The van der Waals surface area contributed by atoms with Crippen molar-refractivity contribution in [1.82, 2.24) is 14.7 Å². The molecule has 0 aliphatic carbocycles. The number of hydrogen-bond acceptors (Lipinski definition) is 5. The summed E-state index contributed by atoms with van der Waals surface area (Å²) in [6.07, 6.45) is 4.56. The molecule has 0 N–H and O–H groups in total. The summed E-state index contributed by atoms with van der Waals surface area (Å²) in [5.74, 6) is 1.97. The molecule has 3 aromatic carbocycles. The number of hydrogen-bond donors (Lipinski definition) is 0. The largest absolute Gasteiger partial charge is 0.497 e. The molecule has 0 spiro atoms. The molecule has 0 aromatic heterocycles. The van der Waals surface area contributed by atoms with Gasteiger partial charge in [-0.15, -0.1) is 0 Å². The van der Waals surface area contributed by atoms with Crippen molar-refractivity contribution in [1.29, 1.82) is 0 Å². The first-order chi connectivity index (χ1) is 21.0. The number of methoxy groups -OCH3 is 1. The van der Waals surface area contributed by atoms with Crippen LogP contribution < -0.4 is 9.47 Å². The average molecular weight is 711 g/mol. The van der Waals surface area contributed by atoms with Crippen LogP contribution in [0.25, 0.3) is 0 Å². The van der Waals surface area contributed by atoms with Crippen molar-refractivity contribution < 1.29 is 14.3 Å². The Morgan fingerprint density at radius 2 is 1.51 bits per heavy atom. The molecule has 2 saturated heterocycles. The van der Waals surface area contributed by atoms with Gasteiger partial charge in [0.2, 0.25) is 0 Å². The zero-order valence-corrected chi connectivity index (χ0v) is 27.9. The van der Waals surface area contributed by atoms with Crippen LogP contribution in [0.2, 0.25) is 0 Å². The Labute approximate surface area is 271 Å². The highest BCUT2D eigenvalue weighted by Crippen LogP contribution is 2.46. The molecule has 3 heterocycles. The second-order valence-electron chi connectivity index (χ2n) is 11.4. The van der Waals surface area contributed by atoms with Gasteiger partial charge in [0.15, 0.2) is 0 Å². The maximum absolute atomic E-state index is 14.8. The standard InChI is InChI=1S/C34H38Br2N4O3/c1-3-43-30-22-28(42-2)14-15-29(30)33-37-31(23-6-10-25(35)11-7-23)32(24-8-12-26(36)13-9-24)40(33)34(41)39-20-16-27(17-21-39)38-18-4-5-19-38/h6-15,22,27,31-32H,3-5,16-21H2,1-2H3. The van der Waals surface area contributed by atoms with Crippen LogP contribution in [0.4, 0.5) is 4.79 Å². The smallest absolute Gasteiger partial charge is 0.326 e. The number of ether oxygens (including phenoxy) is 2. The van der Waals surface area contributed by atoms with Crippen molar-refractivity contribution in [3.8, 4) is 11.5 Å². The van der Waals surface area contributed by atoms with E-state index in [9.17, 15) is 4.79 Å². The maximum Gasteiger partial charge on any atom is 0.326 e. The number of nitrogens with zero attached hydrogens (tertiary/aromatic N) is 4. The number of benzene rings is 3. The van der Waals surface area contributed by atoms with Crippen molar-refractivity contribution in [3.05, 3.63) is 92.4 Å². The maximum atomic E-state index is 14.8. The Hall–Kier alpha value is -2.88. The minimum Gasteiger partial charge on any atom is -0.497 e. The number of amides is 2. The fourth-order valence-electron chi connectivity index (χ4n) is 6.63. The predicted molar refractivity (Wildman–Crippen MR) is 177 cm³/mol. The van der Waals surface area contributed by atoms with E-state index < -0.39 is 0 Å². The normalized spacial score (nSPS) is 21.3. The molecule has 3 aromatic rings. The Bertz CT molecular complexity index is 1450. The van der Waals surface area contributed by atoms with E-state index in [1.54, 1.807) is 7.11 Å².